The zero-order chi connectivity index (χ0) is 21.4. The second kappa shape index (κ2) is 10.2. The van der Waals surface area contributed by atoms with Crippen LogP contribution in [0.25, 0.3) is 0 Å². The normalized spacial score (nSPS) is 11.3. The van der Waals surface area contributed by atoms with Crippen molar-refractivity contribution in [2.75, 3.05) is 18.5 Å². The monoisotopic (exact) mass is 418 g/mol. The zero-order valence-corrected chi connectivity index (χ0v) is 17.6. The van der Waals surface area contributed by atoms with Crippen molar-refractivity contribution < 1.29 is 22.7 Å². The lowest BCUT2D eigenvalue weighted by molar-refractivity contribution is -0.147. The van der Waals surface area contributed by atoms with Gasteiger partial charge in [0.1, 0.15) is 0 Å². The number of nitrogens with one attached hydrogen (secondary N) is 2. The van der Waals surface area contributed by atoms with Gasteiger partial charge in [0.15, 0.2) is 6.61 Å². The molecule has 0 saturated heterocycles. The number of rotatable bonds is 9. The van der Waals surface area contributed by atoms with Gasteiger partial charge in [0.05, 0.1) is 11.3 Å². The molecule has 0 unspecified atom stereocenters. The summed E-state index contributed by atoms with van der Waals surface area (Å²) in [4.78, 5) is 23.7. The minimum Gasteiger partial charge on any atom is -0.456 e. The summed E-state index contributed by atoms with van der Waals surface area (Å²) in [5.74, 6) is -0.824. The Morgan fingerprint density at radius 1 is 1.07 bits per heavy atom. The van der Waals surface area contributed by atoms with Crippen LogP contribution in [0, 0.1) is 6.92 Å². The van der Waals surface area contributed by atoms with Crippen LogP contribution in [0.4, 0.5) is 5.69 Å². The summed E-state index contributed by atoms with van der Waals surface area (Å²) >= 11 is 0. The van der Waals surface area contributed by atoms with Crippen molar-refractivity contribution in [3.63, 3.8) is 0 Å². The van der Waals surface area contributed by atoms with Crippen LogP contribution in [0.3, 0.4) is 0 Å². The molecule has 1 amide bonds. The second-order valence-electron chi connectivity index (χ2n) is 6.95. The van der Waals surface area contributed by atoms with E-state index in [0.29, 0.717) is 11.6 Å². The van der Waals surface area contributed by atoms with Crippen molar-refractivity contribution in [3.05, 3.63) is 59.7 Å². The Bertz CT molecular complexity index is 953. The lowest BCUT2D eigenvalue weighted by Gasteiger charge is -2.09. The third-order valence-corrected chi connectivity index (χ3v) is 5.62. The predicted molar refractivity (Wildman–Crippen MR) is 111 cm³/mol. The lowest BCUT2D eigenvalue weighted by Crippen LogP contribution is -2.28. The van der Waals surface area contributed by atoms with E-state index in [4.69, 9.17) is 4.74 Å². The first-order valence-corrected chi connectivity index (χ1v) is 10.8. The molecule has 8 heteroatoms. The molecule has 0 atom stereocenters. The van der Waals surface area contributed by atoms with Gasteiger partial charge < -0.3 is 10.1 Å². The van der Waals surface area contributed by atoms with Crippen LogP contribution >= 0.6 is 0 Å². The third-order valence-electron chi connectivity index (χ3n) is 4.14. The van der Waals surface area contributed by atoms with Crippen molar-refractivity contribution in [2.45, 2.75) is 38.0 Å². The third kappa shape index (κ3) is 7.32. The zero-order valence-electron chi connectivity index (χ0n) is 16.8. The molecule has 0 aliphatic heterocycles. The molecule has 7 nitrogen and oxygen atoms in total. The van der Waals surface area contributed by atoms with Crippen molar-refractivity contribution in [1.29, 1.82) is 0 Å². The summed E-state index contributed by atoms with van der Waals surface area (Å²) < 4.78 is 31.8. The van der Waals surface area contributed by atoms with Gasteiger partial charge >= 0.3 is 5.97 Å². The number of sulfonamides is 1. The van der Waals surface area contributed by atoms with Gasteiger partial charge in [0.25, 0.3) is 5.91 Å². The van der Waals surface area contributed by atoms with E-state index in [1.807, 2.05) is 26.8 Å². The number of aryl methyl sites for hydroxylation is 1. The fourth-order valence-corrected chi connectivity index (χ4v) is 3.57. The molecule has 0 spiro atoms. The Labute approximate surface area is 171 Å². The van der Waals surface area contributed by atoms with Crippen LogP contribution in [0.5, 0.6) is 0 Å². The number of hydrogen-bond acceptors (Lipinski definition) is 5. The highest BCUT2D eigenvalue weighted by Crippen LogP contribution is 2.17. The summed E-state index contributed by atoms with van der Waals surface area (Å²) in [5, 5.41) is 2.62. The van der Waals surface area contributed by atoms with Gasteiger partial charge in [-0.2, -0.15) is 0 Å². The van der Waals surface area contributed by atoms with Crippen LogP contribution < -0.4 is 10.0 Å². The smallest absolute Gasteiger partial charge is 0.307 e. The average molecular weight is 419 g/mol. The van der Waals surface area contributed by atoms with Gasteiger partial charge in [-0.3, -0.25) is 9.59 Å². The first-order valence-electron chi connectivity index (χ1n) is 9.29. The molecule has 0 fully saturated rings. The van der Waals surface area contributed by atoms with Crippen LogP contribution in [0.1, 0.15) is 37.3 Å². The van der Waals surface area contributed by atoms with E-state index in [-0.39, 0.29) is 17.9 Å². The fraction of sp³-hybridized carbons (Fsp3) is 0.333. The van der Waals surface area contributed by atoms with Gasteiger partial charge in [0, 0.05) is 12.2 Å². The second-order valence-corrected chi connectivity index (χ2v) is 8.72. The number of esters is 1. The molecule has 0 aliphatic carbocycles. The van der Waals surface area contributed by atoms with Crippen molar-refractivity contribution in [2.24, 2.45) is 0 Å². The largest absolute Gasteiger partial charge is 0.456 e. The standard InChI is InChI=1S/C21H26N2O5S/c1-15(2)17-7-9-19(10-8-17)29(26,27)22-12-11-21(25)28-14-20(24)23-18-6-4-5-16(3)13-18/h4-10,13,15,22H,11-12,14H2,1-3H3,(H,23,24). The summed E-state index contributed by atoms with van der Waals surface area (Å²) in [6, 6.07) is 13.8. The van der Waals surface area contributed by atoms with E-state index < -0.39 is 28.5 Å². The van der Waals surface area contributed by atoms with Crippen molar-refractivity contribution in [3.8, 4) is 0 Å². The van der Waals surface area contributed by atoms with E-state index in [9.17, 15) is 18.0 Å². The van der Waals surface area contributed by atoms with Gasteiger partial charge in [-0.1, -0.05) is 38.1 Å². The molecular formula is C21H26N2O5S. The number of carbonyl (C=O) groups excluding carboxylic acids is 2. The molecule has 0 heterocycles. The van der Waals surface area contributed by atoms with Gasteiger partial charge in [0.2, 0.25) is 10.0 Å². The minimum absolute atomic E-state index is 0.118. The number of ether oxygens (including phenoxy) is 1. The fourth-order valence-electron chi connectivity index (χ4n) is 2.54. The summed E-state index contributed by atoms with van der Waals surface area (Å²) in [6.07, 6.45) is -0.180. The molecule has 2 rings (SSSR count). The average Bonchev–Trinajstić information content (AvgIpc) is 2.66. The Hall–Kier alpha value is -2.71. The molecular weight excluding hydrogens is 392 g/mol. The predicted octanol–water partition coefficient (Wildman–Crippen LogP) is 2.97. The summed E-state index contributed by atoms with van der Waals surface area (Å²) in [6.45, 7) is 5.39. The van der Waals surface area contributed by atoms with Crippen molar-refractivity contribution in [1.82, 2.24) is 4.72 Å². The Morgan fingerprint density at radius 3 is 2.38 bits per heavy atom. The van der Waals surface area contributed by atoms with Crippen LogP contribution in [0.2, 0.25) is 0 Å². The Balaban J connectivity index is 1.75. The molecule has 2 aromatic rings. The number of benzene rings is 2. The molecule has 29 heavy (non-hydrogen) atoms. The summed E-state index contributed by atoms with van der Waals surface area (Å²) in [5.41, 5.74) is 2.64. The minimum atomic E-state index is -3.71. The van der Waals surface area contributed by atoms with Gasteiger partial charge in [-0.05, 0) is 48.2 Å². The Morgan fingerprint density at radius 2 is 1.76 bits per heavy atom. The number of carbonyl (C=O) groups is 2. The highest BCUT2D eigenvalue weighted by Gasteiger charge is 2.15. The molecule has 0 bridgehead atoms. The van der Waals surface area contributed by atoms with Crippen LogP contribution in [-0.2, 0) is 24.3 Å². The van der Waals surface area contributed by atoms with E-state index in [1.54, 1.807) is 30.3 Å². The first-order chi connectivity index (χ1) is 13.7. The van der Waals surface area contributed by atoms with Crippen LogP contribution in [-0.4, -0.2) is 33.4 Å². The number of amides is 1. The molecule has 2 N–H and O–H groups in total. The molecule has 0 aliphatic rings. The van der Waals surface area contributed by atoms with Gasteiger partial charge in [-0.15, -0.1) is 0 Å². The quantitative estimate of drug-likeness (QED) is 0.610. The van der Waals surface area contributed by atoms with E-state index in [0.717, 1.165) is 11.1 Å². The maximum atomic E-state index is 12.3. The lowest BCUT2D eigenvalue weighted by atomic mass is 10.0. The van der Waals surface area contributed by atoms with Crippen LogP contribution in [0.15, 0.2) is 53.4 Å². The topological polar surface area (TPSA) is 102 Å². The molecule has 156 valence electrons. The first kappa shape index (κ1) is 22.6. The highest BCUT2D eigenvalue weighted by molar-refractivity contribution is 7.89. The van der Waals surface area contributed by atoms with Gasteiger partial charge in [-0.25, -0.2) is 13.1 Å². The van der Waals surface area contributed by atoms with E-state index >= 15 is 0 Å². The van der Waals surface area contributed by atoms with Crippen molar-refractivity contribution >= 4 is 27.6 Å². The number of anilines is 1. The highest BCUT2D eigenvalue weighted by atomic mass is 32.2. The maximum absolute atomic E-state index is 12.3. The maximum Gasteiger partial charge on any atom is 0.307 e. The molecule has 2 aromatic carbocycles. The molecule has 0 aromatic heterocycles. The Kier molecular flexibility index (Phi) is 7.92. The SMILES string of the molecule is Cc1cccc(NC(=O)COC(=O)CCNS(=O)(=O)c2ccc(C(C)C)cc2)c1. The van der Waals surface area contributed by atoms with E-state index in [2.05, 4.69) is 10.0 Å². The number of hydrogen-bond donors (Lipinski definition) is 2. The summed E-state index contributed by atoms with van der Waals surface area (Å²) in [7, 11) is -3.71. The molecule has 0 radical (unpaired) electrons. The molecule has 0 saturated carbocycles. The van der Waals surface area contributed by atoms with E-state index in [1.165, 1.54) is 12.1 Å².